The lowest BCUT2D eigenvalue weighted by molar-refractivity contribution is 0.537. The van der Waals surface area contributed by atoms with Gasteiger partial charge in [-0.1, -0.05) is 36.4 Å². The van der Waals surface area contributed by atoms with Crippen molar-refractivity contribution in [3.05, 3.63) is 48.0 Å². The van der Waals surface area contributed by atoms with Crippen molar-refractivity contribution < 1.29 is 8.42 Å². The van der Waals surface area contributed by atoms with Crippen LogP contribution in [-0.4, -0.2) is 27.5 Å². The Kier molecular flexibility index (Phi) is 4.78. The molecule has 1 atom stereocenters. The molecule has 0 saturated heterocycles. The van der Waals surface area contributed by atoms with E-state index in [1.807, 2.05) is 19.2 Å². The van der Waals surface area contributed by atoms with Crippen LogP contribution in [0.25, 0.3) is 10.8 Å². The summed E-state index contributed by atoms with van der Waals surface area (Å²) < 4.78 is 22.4. The second-order valence-electron chi connectivity index (χ2n) is 5.22. The second kappa shape index (κ2) is 6.37. The van der Waals surface area contributed by atoms with E-state index < -0.39 is 9.84 Å². The Balaban J connectivity index is 2.12. The first-order chi connectivity index (χ1) is 9.49. The Morgan fingerprint density at radius 3 is 2.45 bits per heavy atom. The van der Waals surface area contributed by atoms with Crippen LogP contribution in [0.4, 0.5) is 0 Å². The Morgan fingerprint density at radius 1 is 1.10 bits per heavy atom. The average molecular weight is 291 g/mol. The fourth-order valence-electron chi connectivity index (χ4n) is 2.45. The first kappa shape index (κ1) is 15.0. The van der Waals surface area contributed by atoms with Crippen LogP contribution in [0, 0.1) is 0 Å². The molecule has 108 valence electrons. The van der Waals surface area contributed by atoms with E-state index in [0.717, 1.165) is 6.42 Å². The molecule has 1 unspecified atom stereocenters. The molecule has 0 heterocycles. The van der Waals surface area contributed by atoms with Gasteiger partial charge in [0.05, 0.1) is 0 Å². The van der Waals surface area contributed by atoms with Crippen LogP contribution in [0.3, 0.4) is 0 Å². The molecule has 0 aliphatic rings. The summed E-state index contributed by atoms with van der Waals surface area (Å²) in [4.78, 5) is 0. The molecular weight excluding hydrogens is 270 g/mol. The van der Waals surface area contributed by atoms with Gasteiger partial charge in [-0.2, -0.15) is 0 Å². The van der Waals surface area contributed by atoms with E-state index in [4.69, 9.17) is 0 Å². The van der Waals surface area contributed by atoms with Crippen molar-refractivity contribution in [3.63, 3.8) is 0 Å². The molecule has 0 saturated carbocycles. The van der Waals surface area contributed by atoms with Crippen molar-refractivity contribution in [1.82, 2.24) is 5.32 Å². The predicted molar refractivity (Wildman–Crippen MR) is 84.7 cm³/mol. The molecule has 0 aliphatic carbocycles. The Morgan fingerprint density at radius 2 is 1.80 bits per heavy atom. The molecule has 1 N–H and O–H groups in total. The molecule has 0 bridgehead atoms. The van der Waals surface area contributed by atoms with E-state index in [1.165, 1.54) is 22.6 Å². The molecule has 2 aromatic rings. The molecule has 0 fully saturated rings. The second-order valence-corrected chi connectivity index (χ2v) is 7.48. The maximum absolute atomic E-state index is 11.2. The van der Waals surface area contributed by atoms with Gasteiger partial charge in [-0.05, 0) is 42.3 Å². The number of benzene rings is 2. The highest BCUT2D eigenvalue weighted by Gasteiger charge is 2.11. The first-order valence-corrected chi connectivity index (χ1v) is 8.89. The summed E-state index contributed by atoms with van der Waals surface area (Å²) in [5, 5.41) is 5.71. The van der Waals surface area contributed by atoms with Crippen LogP contribution >= 0.6 is 0 Å². The summed E-state index contributed by atoms with van der Waals surface area (Å²) >= 11 is 0. The molecule has 0 amide bonds. The number of rotatable bonds is 6. The molecule has 20 heavy (non-hydrogen) atoms. The molecular formula is C16H21NO2S. The quantitative estimate of drug-likeness (QED) is 0.890. The van der Waals surface area contributed by atoms with Gasteiger partial charge in [0.2, 0.25) is 0 Å². The first-order valence-electron chi connectivity index (χ1n) is 6.83. The van der Waals surface area contributed by atoms with E-state index in [1.54, 1.807) is 0 Å². The van der Waals surface area contributed by atoms with Gasteiger partial charge in [-0.25, -0.2) is 8.42 Å². The lowest BCUT2D eigenvalue weighted by atomic mass is 9.99. The Hall–Kier alpha value is -1.39. The summed E-state index contributed by atoms with van der Waals surface area (Å²) in [7, 11) is -0.956. The minimum absolute atomic E-state index is 0.196. The summed E-state index contributed by atoms with van der Waals surface area (Å²) in [6, 6.07) is 14.9. The fourth-order valence-corrected chi connectivity index (χ4v) is 3.14. The third-order valence-corrected chi connectivity index (χ3v) is 4.56. The zero-order valence-corrected chi connectivity index (χ0v) is 12.8. The van der Waals surface area contributed by atoms with E-state index in [0.29, 0.717) is 6.42 Å². The summed E-state index contributed by atoms with van der Waals surface area (Å²) in [5.41, 5.74) is 1.21. The van der Waals surface area contributed by atoms with Crippen LogP contribution in [0.1, 0.15) is 24.4 Å². The van der Waals surface area contributed by atoms with Crippen LogP contribution in [0.2, 0.25) is 0 Å². The fraction of sp³-hybridized carbons (Fsp3) is 0.375. The van der Waals surface area contributed by atoms with Crippen molar-refractivity contribution in [2.45, 2.75) is 18.9 Å². The monoisotopic (exact) mass is 291 g/mol. The normalized spacial score (nSPS) is 13.5. The standard InChI is InChI=1S/C16H21NO2S/c1-17-16(8-5-11-20(2,18)19)15-10-9-13-6-3-4-7-14(13)12-15/h3-4,6-7,9-10,12,16-17H,5,8,11H2,1-2H3. The van der Waals surface area contributed by atoms with Crippen molar-refractivity contribution in [1.29, 1.82) is 0 Å². The predicted octanol–water partition coefficient (Wildman–Crippen LogP) is 2.93. The molecule has 0 aromatic heterocycles. The zero-order chi connectivity index (χ0) is 14.6. The molecule has 0 spiro atoms. The number of hydrogen-bond donors (Lipinski definition) is 1. The molecule has 2 rings (SSSR count). The van der Waals surface area contributed by atoms with Crippen LogP contribution in [0.5, 0.6) is 0 Å². The molecule has 0 aliphatic heterocycles. The van der Waals surface area contributed by atoms with Gasteiger partial charge in [-0.3, -0.25) is 0 Å². The maximum atomic E-state index is 11.2. The maximum Gasteiger partial charge on any atom is 0.147 e. The van der Waals surface area contributed by atoms with Crippen LogP contribution in [-0.2, 0) is 9.84 Å². The van der Waals surface area contributed by atoms with Gasteiger partial charge in [-0.15, -0.1) is 0 Å². The highest BCUT2D eigenvalue weighted by atomic mass is 32.2. The largest absolute Gasteiger partial charge is 0.313 e. The summed E-state index contributed by atoms with van der Waals surface area (Å²) in [5.74, 6) is 0.249. The smallest absolute Gasteiger partial charge is 0.147 e. The number of sulfone groups is 1. The van der Waals surface area contributed by atoms with Crippen LogP contribution in [0.15, 0.2) is 42.5 Å². The summed E-state index contributed by atoms with van der Waals surface area (Å²) in [6.45, 7) is 0. The van der Waals surface area contributed by atoms with Gasteiger partial charge >= 0.3 is 0 Å². The zero-order valence-electron chi connectivity index (χ0n) is 12.0. The van der Waals surface area contributed by atoms with Gasteiger partial charge < -0.3 is 5.32 Å². The highest BCUT2D eigenvalue weighted by Crippen LogP contribution is 2.23. The van der Waals surface area contributed by atoms with Crippen molar-refractivity contribution in [2.24, 2.45) is 0 Å². The van der Waals surface area contributed by atoms with Crippen molar-refractivity contribution in [2.75, 3.05) is 19.1 Å². The Bertz CT molecular complexity index is 680. The van der Waals surface area contributed by atoms with E-state index in [-0.39, 0.29) is 11.8 Å². The average Bonchev–Trinajstić information content (AvgIpc) is 2.42. The summed E-state index contributed by atoms with van der Waals surface area (Å²) in [6.07, 6.45) is 2.79. The SMILES string of the molecule is CNC(CCCS(C)(=O)=O)c1ccc2ccccc2c1. The molecule has 2 aromatic carbocycles. The lowest BCUT2D eigenvalue weighted by Gasteiger charge is -2.17. The number of nitrogens with one attached hydrogen (secondary N) is 1. The van der Waals surface area contributed by atoms with Crippen molar-refractivity contribution in [3.8, 4) is 0 Å². The Labute approximate surface area is 120 Å². The van der Waals surface area contributed by atoms with Gasteiger partial charge in [0, 0.05) is 18.1 Å². The third-order valence-electron chi connectivity index (χ3n) is 3.53. The van der Waals surface area contributed by atoms with Crippen LogP contribution < -0.4 is 5.32 Å². The molecule has 4 heteroatoms. The van der Waals surface area contributed by atoms with Gasteiger partial charge in [0.1, 0.15) is 9.84 Å². The third kappa shape index (κ3) is 4.05. The lowest BCUT2D eigenvalue weighted by Crippen LogP contribution is -2.17. The molecule has 0 radical (unpaired) electrons. The van der Waals surface area contributed by atoms with Gasteiger partial charge in [0.25, 0.3) is 0 Å². The minimum Gasteiger partial charge on any atom is -0.313 e. The number of fused-ring (bicyclic) bond motifs is 1. The molecule has 3 nitrogen and oxygen atoms in total. The minimum atomic E-state index is -2.87. The van der Waals surface area contributed by atoms with E-state index in [9.17, 15) is 8.42 Å². The van der Waals surface area contributed by atoms with E-state index >= 15 is 0 Å². The van der Waals surface area contributed by atoms with E-state index in [2.05, 4.69) is 35.6 Å². The van der Waals surface area contributed by atoms with Gasteiger partial charge in [0.15, 0.2) is 0 Å². The highest BCUT2D eigenvalue weighted by molar-refractivity contribution is 7.90. The number of hydrogen-bond acceptors (Lipinski definition) is 3. The topological polar surface area (TPSA) is 46.2 Å². The van der Waals surface area contributed by atoms with Crippen molar-refractivity contribution >= 4 is 20.6 Å².